The largest absolute Gasteiger partial charge is 0.314 e. The van der Waals surface area contributed by atoms with Gasteiger partial charge in [0.05, 0.1) is 4.92 Å². The highest BCUT2D eigenvalue weighted by Gasteiger charge is 2.17. The highest BCUT2D eigenvalue weighted by Crippen LogP contribution is 2.23. The summed E-state index contributed by atoms with van der Waals surface area (Å²) >= 11 is 3.12. The van der Waals surface area contributed by atoms with E-state index >= 15 is 0 Å². The van der Waals surface area contributed by atoms with Gasteiger partial charge in [-0.25, -0.2) is 9.97 Å². The van der Waals surface area contributed by atoms with Crippen LogP contribution in [0, 0.1) is 10.1 Å². The molecule has 0 fully saturated rings. The second kappa shape index (κ2) is 3.73. The van der Waals surface area contributed by atoms with Gasteiger partial charge in [0, 0.05) is 16.7 Å². The number of pyridine rings is 1. The van der Waals surface area contributed by atoms with E-state index in [1.54, 1.807) is 0 Å². The Morgan fingerprint density at radius 1 is 1.53 bits per heavy atom. The molecule has 0 bridgehead atoms. The van der Waals surface area contributed by atoms with Crippen molar-refractivity contribution >= 4 is 21.6 Å². The Kier molecular flexibility index (Phi) is 2.42. The summed E-state index contributed by atoms with van der Waals surface area (Å²) in [6, 6.07) is 1.37. The molecule has 7 nitrogen and oxygen atoms in total. The fourth-order valence-corrected chi connectivity index (χ4v) is 1.37. The summed E-state index contributed by atoms with van der Waals surface area (Å²) in [7, 11) is 0. The van der Waals surface area contributed by atoms with Gasteiger partial charge in [0.2, 0.25) is 5.82 Å². The summed E-state index contributed by atoms with van der Waals surface area (Å²) in [6.45, 7) is 0. The Bertz CT molecular complexity index is 498. The molecule has 0 aliphatic rings. The lowest BCUT2D eigenvalue weighted by molar-refractivity contribution is -0.385. The molecular formula is C7H4BrN5O2. The van der Waals surface area contributed by atoms with E-state index in [2.05, 4.69) is 31.0 Å². The Morgan fingerprint density at radius 3 is 2.93 bits per heavy atom. The van der Waals surface area contributed by atoms with Crippen LogP contribution in [0.3, 0.4) is 0 Å². The fourth-order valence-electron chi connectivity index (χ4n) is 1.05. The summed E-state index contributed by atoms with van der Waals surface area (Å²) < 4.78 is 1.78. The molecule has 0 N–H and O–H groups in total. The van der Waals surface area contributed by atoms with Crippen molar-refractivity contribution in [2.75, 3.05) is 0 Å². The van der Waals surface area contributed by atoms with Crippen LogP contribution in [-0.4, -0.2) is 24.7 Å². The number of rotatable bonds is 2. The second-order valence-electron chi connectivity index (χ2n) is 2.59. The summed E-state index contributed by atoms with van der Waals surface area (Å²) in [5.74, 6) is 0.140. The molecule has 0 saturated carbocycles. The highest BCUT2D eigenvalue weighted by atomic mass is 79.9. The zero-order valence-corrected chi connectivity index (χ0v) is 8.83. The third-order valence-corrected chi connectivity index (χ3v) is 2.08. The minimum Gasteiger partial charge on any atom is -0.258 e. The van der Waals surface area contributed by atoms with Crippen molar-refractivity contribution in [2.45, 2.75) is 0 Å². The average Bonchev–Trinajstić information content (AvgIpc) is 2.70. The van der Waals surface area contributed by atoms with E-state index in [-0.39, 0.29) is 11.5 Å². The maximum atomic E-state index is 10.8. The van der Waals surface area contributed by atoms with E-state index in [1.165, 1.54) is 29.6 Å². The van der Waals surface area contributed by atoms with Crippen molar-refractivity contribution < 1.29 is 4.92 Å². The normalized spacial score (nSPS) is 10.2. The molecule has 2 heterocycles. The van der Waals surface area contributed by atoms with Gasteiger partial charge in [0.1, 0.15) is 12.7 Å². The summed E-state index contributed by atoms with van der Waals surface area (Å²) in [5, 5.41) is 14.5. The fraction of sp³-hybridized carbons (Fsp3) is 0. The monoisotopic (exact) mass is 269 g/mol. The second-order valence-corrected chi connectivity index (χ2v) is 3.51. The molecule has 2 rings (SSSR count). The first kappa shape index (κ1) is 9.71. The molecule has 0 saturated heterocycles. The van der Waals surface area contributed by atoms with Crippen LogP contribution in [0.25, 0.3) is 5.82 Å². The Hall–Kier alpha value is -1.83. The molecule has 0 spiro atoms. The lowest BCUT2D eigenvalue weighted by Gasteiger charge is -2.00. The van der Waals surface area contributed by atoms with Gasteiger partial charge in [-0.05, 0) is 15.9 Å². The Balaban J connectivity index is 2.61. The third kappa shape index (κ3) is 1.84. The highest BCUT2D eigenvalue weighted by molar-refractivity contribution is 9.10. The molecule has 0 unspecified atom stereocenters. The molecule has 0 amide bonds. The van der Waals surface area contributed by atoms with E-state index in [4.69, 9.17) is 0 Å². The molecule has 76 valence electrons. The van der Waals surface area contributed by atoms with Crippen molar-refractivity contribution in [3.05, 3.63) is 39.5 Å². The summed E-state index contributed by atoms with van der Waals surface area (Å²) in [5.41, 5.74) is -0.130. The maximum Gasteiger partial charge on any atom is 0.314 e. The smallest absolute Gasteiger partial charge is 0.258 e. The molecule has 2 aromatic heterocycles. The van der Waals surface area contributed by atoms with Crippen LogP contribution in [0.4, 0.5) is 5.69 Å². The quantitative estimate of drug-likeness (QED) is 0.606. The van der Waals surface area contributed by atoms with Crippen LogP contribution in [0.1, 0.15) is 0 Å². The van der Waals surface area contributed by atoms with Gasteiger partial charge in [0.15, 0.2) is 0 Å². The number of halogens is 1. The minimum absolute atomic E-state index is 0.130. The van der Waals surface area contributed by atoms with E-state index in [0.717, 1.165) is 0 Å². The average molecular weight is 270 g/mol. The number of nitrogens with zero attached hydrogens (tertiary/aromatic N) is 5. The number of hydrogen-bond acceptors (Lipinski definition) is 5. The Labute approximate surface area is 92.1 Å². The zero-order valence-electron chi connectivity index (χ0n) is 7.24. The molecular weight excluding hydrogens is 266 g/mol. The molecule has 8 heteroatoms. The van der Waals surface area contributed by atoms with Crippen LogP contribution < -0.4 is 0 Å². The van der Waals surface area contributed by atoms with Gasteiger partial charge in [-0.2, -0.15) is 9.78 Å². The molecule has 0 aliphatic carbocycles. The predicted octanol–water partition coefficient (Wildman–Crippen LogP) is 1.33. The predicted molar refractivity (Wildman–Crippen MR) is 53.5 cm³/mol. The first-order chi connectivity index (χ1) is 7.18. The molecule has 0 atom stereocenters. The molecule has 0 aromatic carbocycles. The van der Waals surface area contributed by atoms with E-state index in [9.17, 15) is 10.1 Å². The molecule has 0 aliphatic heterocycles. The molecule has 15 heavy (non-hydrogen) atoms. The lowest BCUT2D eigenvalue weighted by Crippen LogP contribution is -2.03. The SMILES string of the molecule is O=[N+]([O-])c1cc(Br)cnc1-n1cncn1. The van der Waals surface area contributed by atoms with Gasteiger partial charge in [-0.1, -0.05) is 0 Å². The van der Waals surface area contributed by atoms with Crippen molar-refractivity contribution in [2.24, 2.45) is 0 Å². The van der Waals surface area contributed by atoms with Gasteiger partial charge in [0.25, 0.3) is 0 Å². The van der Waals surface area contributed by atoms with Gasteiger partial charge >= 0.3 is 5.69 Å². The number of aromatic nitrogens is 4. The summed E-state index contributed by atoms with van der Waals surface area (Å²) in [6.07, 6.45) is 4.10. The van der Waals surface area contributed by atoms with Gasteiger partial charge in [-0.15, -0.1) is 0 Å². The topological polar surface area (TPSA) is 86.7 Å². The van der Waals surface area contributed by atoms with Crippen LogP contribution in [0.5, 0.6) is 0 Å². The minimum atomic E-state index is -0.519. The van der Waals surface area contributed by atoms with Crippen molar-refractivity contribution in [1.82, 2.24) is 19.7 Å². The van der Waals surface area contributed by atoms with Crippen molar-refractivity contribution in [1.29, 1.82) is 0 Å². The molecule has 2 aromatic rings. The van der Waals surface area contributed by atoms with Crippen molar-refractivity contribution in [3.8, 4) is 5.82 Å². The third-order valence-electron chi connectivity index (χ3n) is 1.65. The van der Waals surface area contributed by atoms with E-state index < -0.39 is 4.92 Å². The number of hydrogen-bond donors (Lipinski definition) is 0. The van der Waals surface area contributed by atoms with Gasteiger partial charge < -0.3 is 0 Å². The van der Waals surface area contributed by atoms with E-state index in [0.29, 0.717) is 4.47 Å². The standard InChI is InChI=1S/C7H4BrN5O2/c8-5-1-6(13(14)15)7(10-2-5)12-4-9-3-11-12/h1-4H. The Morgan fingerprint density at radius 2 is 2.33 bits per heavy atom. The zero-order chi connectivity index (χ0) is 10.8. The number of nitro groups is 1. The molecule has 0 radical (unpaired) electrons. The van der Waals surface area contributed by atoms with E-state index in [1.807, 2.05) is 0 Å². The van der Waals surface area contributed by atoms with Crippen LogP contribution >= 0.6 is 15.9 Å². The van der Waals surface area contributed by atoms with Crippen LogP contribution in [-0.2, 0) is 0 Å². The van der Waals surface area contributed by atoms with Gasteiger partial charge in [-0.3, -0.25) is 10.1 Å². The van der Waals surface area contributed by atoms with Crippen LogP contribution in [0.2, 0.25) is 0 Å². The first-order valence-corrected chi connectivity index (χ1v) is 4.62. The maximum absolute atomic E-state index is 10.8. The van der Waals surface area contributed by atoms with Crippen LogP contribution in [0.15, 0.2) is 29.4 Å². The van der Waals surface area contributed by atoms with Crippen molar-refractivity contribution in [3.63, 3.8) is 0 Å². The first-order valence-electron chi connectivity index (χ1n) is 3.83. The summed E-state index contributed by atoms with van der Waals surface area (Å²) in [4.78, 5) is 17.8. The lowest BCUT2D eigenvalue weighted by atomic mass is 10.4.